The van der Waals surface area contributed by atoms with Crippen molar-refractivity contribution in [3.05, 3.63) is 0 Å². The van der Waals surface area contributed by atoms with Crippen molar-refractivity contribution in [3.8, 4) is 0 Å². The molecule has 13 heteroatoms. The van der Waals surface area contributed by atoms with E-state index in [2.05, 4.69) is 16.0 Å². The number of aliphatic carboxylic acids is 3. The van der Waals surface area contributed by atoms with Gasteiger partial charge in [0.15, 0.2) is 0 Å². The van der Waals surface area contributed by atoms with Crippen LogP contribution in [0, 0.1) is 5.92 Å². The number of carboxylic acids is 3. The Morgan fingerprint density at radius 3 is 1.73 bits per heavy atom. The van der Waals surface area contributed by atoms with Crippen LogP contribution < -0.4 is 21.7 Å². The van der Waals surface area contributed by atoms with Gasteiger partial charge >= 0.3 is 17.9 Å². The van der Waals surface area contributed by atoms with Crippen LogP contribution in [0.3, 0.4) is 0 Å². The summed E-state index contributed by atoms with van der Waals surface area (Å²) in [6.45, 7) is 2.71. The van der Waals surface area contributed by atoms with Gasteiger partial charge in [0.2, 0.25) is 17.7 Å². The molecule has 0 spiro atoms. The Labute approximate surface area is 172 Å². The van der Waals surface area contributed by atoms with E-state index in [1.165, 1.54) is 0 Å². The molecule has 0 saturated heterocycles. The summed E-state index contributed by atoms with van der Waals surface area (Å²) in [5, 5.41) is 33.0. The van der Waals surface area contributed by atoms with E-state index in [-0.39, 0.29) is 18.8 Å². The van der Waals surface area contributed by atoms with E-state index in [4.69, 9.17) is 21.1 Å². The Balaban J connectivity index is 4.89. The number of carbonyl (C=O) groups excluding carboxylic acids is 3. The summed E-state index contributed by atoms with van der Waals surface area (Å²) in [5.41, 5.74) is 5.70. The van der Waals surface area contributed by atoms with Crippen LogP contribution in [0.1, 0.15) is 39.5 Å². The lowest BCUT2D eigenvalue weighted by Crippen LogP contribution is -2.54. The molecule has 0 aromatic rings. The zero-order chi connectivity index (χ0) is 23.4. The van der Waals surface area contributed by atoms with Crippen LogP contribution in [0.4, 0.5) is 0 Å². The van der Waals surface area contributed by atoms with Crippen molar-refractivity contribution in [2.45, 2.75) is 57.7 Å². The SMILES string of the molecule is CC(C)C(N)C(=O)NC(CCC(=O)O)C(=O)NCC(=O)NC(CCC(=O)O)C(=O)O. The van der Waals surface area contributed by atoms with E-state index in [1.807, 2.05) is 0 Å². The molecule has 0 aromatic heterocycles. The standard InChI is InChI=1S/C17H28N4O9/c1-8(2)14(18)16(28)21-9(3-5-12(23)24)15(27)19-7-11(22)20-10(17(29)30)4-6-13(25)26/h8-10,14H,3-7,18H2,1-2H3,(H,19,27)(H,20,22)(H,21,28)(H,23,24)(H,25,26)(H,29,30). The molecule has 3 amide bonds. The molecule has 0 aliphatic carbocycles. The van der Waals surface area contributed by atoms with E-state index in [9.17, 15) is 28.8 Å². The molecule has 0 radical (unpaired) electrons. The highest BCUT2D eigenvalue weighted by Crippen LogP contribution is 2.03. The molecule has 0 fully saturated rings. The molecule has 170 valence electrons. The number of amides is 3. The maximum atomic E-state index is 12.3. The zero-order valence-electron chi connectivity index (χ0n) is 16.7. The van der Waals surface area contributed by atoms with Gasteiger partial charge in [-0.05, 0) is 18.8 Å². The first-order valence-electron chi connectivity index (χ1n) is 9.14. The molecule has 13 nitrogen and oxygen atoms in total. The van der Waals surface area contributed by atoms with Gasteiger partial charge < -0.3 is 37.0 Å². The van der Waals surface area contributed by atoms with Crippen molar-refractivity contribution in [1.82, 2.24) is 16.0 Å². The summed E-state index contributed by atoms with van der Waals surface area (Å²) in [6.07, 6.45) is -1.52. The van der Waals surface area contributed by atoms with Crippen molar-refractivity contribution in [1.29, 1.82) is 0 Å². The fourth-order valence-corrected chi connectivity index (χ4v) is 2.17. The first kappa shape index (κ1) is 26.8. The Hall–Kier alpha value is -3.22. The fourth-order valence-electron chi connectivity index (χ4n) is 2.17. The van der Waals surface area contributed by atoms with E-state index in [0.717, 1.165) is 0 Å². The lowest BCUT2D eigenvalue weighted by Gasteiger charge is -2.22. The number of nitrogens with one attached hydrogen (secondary N) is 3. The van der Waals surface area contributed by atoms with Gasteiger partial charge in [-0.2, -0.15) is 0 Å². The molecule has 3 unspecified atom stereocenters. The Morgan fingerprint density at radius 2 is 1.30 bits per heavy atom. The van der Waals surface area contributed by atoms with Gasteiger partial charge in [-0.1, -0.05) is 13.8 Å². The number of carboxylic acid groups (broad SMARTS) is 3. The highest BCUT2D eigenvalue weighted by Gasteiger charge is 2.27. The molecule has 0 rings (SSSR count). The van der Waals surface area contributed by atoms with Crippen molar-refractivity contribution in [3.63, 3.8) is 0 Å². The van der Waals surface area contributed by atoms with Gasteiger partial charge in [0, 0.05) is 12.8 Å². The maximum Gasteiger partial charge on any atom is 0.326 e. The van der Waals surface area contributed by atoms with Crippen LogP contribution in [-0.4, -0.2) is 75.6 Å². The molecule has 8 N–H and O–H groups in total. The minimum atomic E-state index is -1.46. The number of hydrogen-bond acceptors (Lipinski definition) is 7. The molecule has 0 saturated carbocycles. The van der Waals surface area contributed by atoms with Gasteiger partial charge in [0.05, 0.1) is 12.6 Å². The van der Waals surface area contributed by atoms with Crippen LogP contribution >= 0.6 is 0 Å². The van der Waals surface area contributed by atoms with E-state index >= 15 is 0 Å². The quantitative estimate of drug-likeness (QED) is 0.158. The van der Waals surface area contributed by atoms with E-state index in [0.29, 0.717) is 0 Å². The Bertz CT molecular complexity index is 666. The minimum Gasteiger partial charge on any atom is -0.481 e. The third-order valence-electron chi connectivity index (χ3n) is 4.00. The predicted molar refractivity (Wildman–Crippen MR) is 101 cm³/mol. The molecule has 0 aromatic carbocycles. The van der Waals surface area contributed by atoms with Crippen LogP contribution in [-0.2, 0) is 28.8 Å². The second-order valence-corrected chi connectivity index (χ2v) is 6.87. The predicted octanol–water partition coefficient (Wildman–Crippen LogP) is -2.13. The topological polar surface area (TPSA) is 225 Å². The number of hydrogen-bond donors (Lipinski definition) is 7. The maximum absolute atomic E-state index is 12.3. The molecular weight excluding hydrogens is 404 g/mol. The second kappa shape index (κ2) is 13.1. The Kier molecular flexibility index (Phi) is 11.7. The minimum absolute atomic E-state index is 0.238. The van der Waals surface area contributed by atoms with Gasteiger partial charge in [-0.25, -0.2) is 4.79 Å². The second-order valence-electron chi connectivity index (χ2n) is 6.87. The summed E-state index contributed by atoms with van der Waals surface area (Å²) in [4.78, 5) is 68.6. The monoisotopic (exact) mass is 432 g/mol. The van der Waals surface area contributed by atoms with Crippen molar-refractivity contribution < 1.29 is 44.1 Å². The van der Waals surface area contributed by atoms with Crippen molar-refractivity contribution in [2.24, 2.45) is 11.7 Å². The summed E-state index contributed by atoms with van der Waals surface area (Å²) in [5.74, 6) is -6.53. The Morgan fingerprint density at radius 1 is 0.800 bits per heavy atom. The van der Waals surface area contributed by atoms with Crippen molar-refractivity contribution >= 4 is 35.6 Å². The number of nitrogens with two attached hydrogens (primary N) is 1. The summed E-state index contributed by atoms with van der Waals surface area (Å²) in [6, 6.07) is -3.66. The van der Waals surface area contributed by atoms with Crippen molar-refractivity contribution in [2.75, 3.05) is 6.54 Å². The highest BCUT2D eigenvalue weighted by atomic mass is 16.4. The molecular formula is C17H28N4O9. The van der Waals surface area contributed by atoms with E-state index in [1.54, 1.807) is 13.8 Å². The molecule has 3 atom stereocenters. The van der Waals surface area contributed by atoms with Gasteiger partial charge in [-0.3, -0.25) is 24.0 Å². The van der Waals surface area contributed by atoms with E-state index < -0.39 is 73.1 Å². The molecule has 0 aliphatic rings. The van der Waals surface area contributed by atoms with Crippen LogP contribution in [0.15, 0.2) is 0 Å². The first-order valence-corrected chi connectivity index (χ1v) is 9.14. The summed E-state index contributed by atoms with van der Waals surface area (Å²) < 4.78 is 0. The molecule has 30 heavy (non-hydrogen) atoms. The van der Waals surface area contributed by atoms with Crippen LogP contribution in [0.25, 0.3) is 0 Å². The van der Waals surface area contributed by atoms with Crippen LogP contribution in [0.2, 0.25) is 0 Å². The summed E-state index contributed by atoms with van der Waals surface area (Å²) in [7, 11) is 0. The van der Waals surface area contributed by atoms with Gasteiger partial charge in [0.25, 0.3) is 0 Å². The fraction of sp³-hybridized carbons (Fsp3) is 0.647. The lowest BCUT2D eigenvalue weighted by molar-refractivity contribution is -0.143. The third-order valence-corrected chi connectivity index (χ3v) is 4.00. The number of carbonyl (C=O) groups is 6. The van der Waals surface area contributed by atoms with Crippen LogP contribution in [0.5, 0.6) is 0 Å². The highest BCUT2D eigenvalue weighted by molar-refractivity contribution is 5.92. The summed E-state index contributed by atoms with van der Waals surface area (Å²) >= 11 is 0. The molecule has 0 bridgehead atoms. The average Bonchev–Trinajstić information content (AvgIpc) is 2.64. The van der Waals surface area contributed by atoms with Gasteiger partial charge in [0.1, 0.15) is 12.1 Å². The first-order chi connectivity index (χ1) is 13.8. The molecule has 0 heterocycles. The molecule has 0 aliphatic heterocycles. The van der Waals surface area contributed by atoms with Gasteiger partial charge in [-0.15, -0.1) is 0 Å². The largest absolute Gasteiger partial charge is 0.481 e. The third kappa shape index (κ3) is 10.9. The lowest BCUT2D eigenvalue weighted by atomic mass is 10.0. The smallest absolute Gasteiger partial charge is 0.326 e. The average molecular weight is 432 g/mol. The zero-order valence-corrected chi connectivity index (χ0v) is 16.7. The normalized spacial score (nSPS) is 13.6. The number of rotatable bonds is 14.